The van der Waals surface area contributed by atoms with Crippen molar-refractivity contribution in [2.75, 3.05) is 38.7 Å². The smallest absolute Gasteiger partial charge is 0.266 e. The van der Waals surface area contributed by atoms with Gasteiger partial charge in [-0.25, -0.2) is 19.3 Å². The topological polar surface area (TPSA) is 71.5 Å². The van der Waals surface area contributed by atoms with Crippen molar-refractivity contribution in [2.45, 2.75) is 13.0 Å². The lowest BCUT2D eigenvalue weighted by Gasteiger charge is -2.33. The number of anilines is 1. The van der Waals surface area contributed by atoms with Crippen LogP contribution in [0.4, 0.5) is 10.3 Å². The Morgan fingerprint density at radius 1 is 1.27 bits per heavy atom. The summed E-state index contributed by atoms with van der Waals surface area (Å²) in [6.45, 7) is 3.11. The summed E-state index contributed by atoms with van der Waals surface area (Å²) in [5.74, 6) is 0.187. The van der Waals surface area contributed by atoms with Gasteiger partial charge in [-0.15, -0.1) is 11.3 Å². The third kappa shape index (κ3) is 4.03. The maximum Gasteiger partial charge on any atom is 0.266 e. The van der Waals surface area contributed by atoms with Gasteiger partial charge in [-0.05, 0) is 24.6 Å². The Morgan fingerprint density at radius 2 is 2.03 bits per heavy atom. The lowest BCUT2D eigenvalue weighted by atomic mass is 10.0. The van der Waals surface area contributed by atoms with Crippen LogP contribution in [0.3, 0.4) is 0 Å². The van der Waals surface area contributed by atoms with Gasteiger partial charge in [-0.2, -0.15) is 0 Å². The van der Waals surface area contributed by atoms with Crippen LogP contribution < -0.4 is 4.90 Å². The Bertz CT molecular complexity index is 1050. The van der Waals surface area contributed by atoms with Crippen molar-refractivity contribution in [3.8, 4) is 11.1 Å². The second kappa shape index (κ2) is 8.45. The van der Waals surface area contributed by atoms with E-state index in [2.05, 4.69) is 9.97 Å². The average Bonchev–Trinajstić information content (AvgIpc) is 3.19. The minimum atomic E-state index is -0.419. The van der Waals surface area contributed by atoms with Crippen molar-refractivity contribution < 1.29 is 13.9 Å². The molecule has 1 aliphatic heterocycles. The Morgan fingerprint density at radius 3 is 2.70 bits per heavy atom. The predicted molar refractivity (Wildman–Crippen MR) is 113 cm³/mol. The van der Waals surface area contributed by atoms with Gasteiger partial charge in [0.15, 0.2) is 0 Å². The van der Waals surface area contributed by atoms with Crippen LogP contribution in [0.1, 0.15) is 27.2 Å². The molecule has 3 heterocycles. The maximum absolute atomic E-state index is 13.4. The van der Waals surface area contributed by atoms with Gasteiger partial charge in [0.05, 0.1) is 30.1 Å². The normalized spacial score (nSPS) is 16.5. The van der Waals surface area contributed by atoms with E-state index in [0.29, 0.717) is 36.2 Å². The van der Waals surface area contributed by atoms with Crippen molar-refractivity contribution >= 4 is 23.2 Å². The standard InChI is InChI=1S/C21H22FN5O2S/c1-13-19(30-12-24-13)20(28)27-8-9-29-17(11-27)18-16(10-23-21(25-18)26(2)3)14-4-6-15(22)7-5-14/h4-7,10,12,17H,8-9,11H2,1-3H3/t17-/m1/s1. The van der Waals surface area contributed by atoms with Crippen LogP contribution in [-0.2, 0) is 4.74 Å². The van der Waals surface area contributed by atoms with Crippen molar-refractivity contribution in [3.05, 3.63) is 58.1 Å². The highest BCUT2D eigenvalue weighted by Crippen LogP contribution is 2.32. The molecule has 0 aliphatic carbocycles. The number of carbonyl (C=O) groups is 1. The number of benzene rings is 1. The van der Waals surface area contributed by atoms with Crippen molar-refractivity contribution in [1.82, 2.24) is 19.9 Å². The molecule has 156 valence electrons. The second-order valence-corrected chi connectivity index (χ2v) is 8.10. The molecular weight excluding hydrogens is 405 g/mol. The number of amides is 1. The van der Waals surface area contributed by atoms with Crippen LogP contribution >= 0.6 is 11.3 Å². The molecule has 0 bridgehead atoms. The quantitative estimate of drug-likeness (QED) is 0.636. The van der Waals surface area contributed by atoms with E-state index in [1.807, 2.05) is 25.9 Å². The number of morpholine rings is 1. The lowest BCUT2D eigenvalue weighted by Crippen LogP contribution is -2.42. The molecule has 0 N–H and O–H groups in total. The lowest BCUT2D eigenvalue weighted by molar-refractivity contribution is -0.0243. The first-order chi connectivity index (χ1) is 14.4. The summed E-state index contributed by atoms with van der Waals surface area (Å²) in [5, 5.41) is 0. The zero-order valence-corrected chi connectivity index (χ0v) is 17.8. The third-order valence-corrected chi connectivity index (χ3v) is 5.88. The number of aryl methyl sites for hydroxylation is 1. The van der Waals surface area contributed by atoms with E-state index in [-0.39, 0.29) is 11.7 Å². The zero-order valence-electron chi connectivity index (χ0n) is 17.0. The van der Waals surface area contributed by atoms with Gasteiger partial charge in [-0.1, -0.05) is 12.1 Å². The molecule has 1 fully saturated rings. The number of carbonyl (C=O) groups excluding carboxylic acids is 1. The van der Waals surface area contributed by atoms with Gasteiger partial charge < -0.3 is 14.5 Å². The van der Waals surface area contributed by atoms with Crippen LogP contribution in [0.25, 0.3) is 11.1 Å². The highest BCUT2D eigenvalue weighted by atomic mass is 32.1. The van der Waals surface area contributed by atoms with Crippen LogP contribution in [0.2, 0.25) is 0 Å². The van der Waals surface area contributed by atoms with Gasteiger partial charge in [0.25, 0.3) is 5.91 Å². The second-order valence-electron chi connectivity index (χ2n) is 7.25. The van der Waals surface area contributed by atoms with Crippen LogP contribution in [0.5, 0.6) is 0 Å². The predicted octanol–water partition coefficient (Wildman–Crippen LogP) is 3.33. The Hall–Kier alpha value is -2.91. The molecule has 0 radical (unpaired) electrons. The largest absolute Gasteiger partial charge is 0.368 e. The van der Waals surface area contributed by atoms with E-state index >= 15 is 0 Å². The van der Waals surface area contributed by atoms with Crippen LogP contribution in [-0.4, -0.2) is 59.6 Å². The summed E-state index contributed by atoms with van der Waals surface area (Å²) < 4.78 is 19.4. The fraction of sp³-hybridized carbons (Fsp3) is 0.333. The number of rotatable bonds is 4. The highest BCUT2D eigenvalue weighted by Gasteiger charge is 2.30. The molecule has 7 nitrogen and oxygen atoms in total. The van der Waals surface area contributed by atoms with E-state index in [1.54, 1.807) is 28.7 Å². The summed E-state index contributed by atoms with van der Waals surface area (Å²) in [6.07, 6.45) is 1.31. The number of aromatic nitrogens is 3. The average molecular weight is 428 g/mol. The number of nitrogens with zero attached hydrogens (tertiary/aromatic N) is 5. The van der Waals surface area contributed by atoms with Gasteiger partial charge in [0.2, 0.25) is 5.95 Å². The molecule has 1 amide bonds. The molecule has 4 rings (SSSR count). The first kappa shape index (κ1) is 20.4. The summed E-state index contributed by atoms with van der Waals surface area (Å²) in [5.41, 5.74) is 4.65. The summed E-state index contributed by atoms with van der Waals surface area (Å²) in [7, 11) is 3.72. The molecule has 9 heteroatoms. The van der Waals surface area contributed by atoms with E-state index in [9.17, 15) is 9.18 Å². The summed E-state index contributed by atoms with van der Waals surface area (Å²) in [6, 6.07) is 6.20. The number of hydrogen-bond acceptors (Lipinski definition) is 7. The first-order valence-corrected chi connectivity index (χ1v) is 10.4. The van der Waals surface area contributed by atoms with E-state index in [1.165, 1.54) is 23.5 Å². The van der Waals surface area contributed by atoms with Crippen molar-refractivity contribution in [3.63, 3.8) is 0 Å². The monoisotopic (exact) mass is 427 g/mol. The zero-order chi connectivity index (χ0) is 21.3. The Balaban J connectivity index is 1.69. The number of thiazole rings is 1. The number of halogens is 1. The molecule has 0 spiro atoms. The molecule has 0 saturated carbocycles. The van der Waals surface area contributed by atoms with Gasteiger partial charge in [0, 0.05) is 32.4 Å². The molecular formula is C21H22FN5O2S. The molecule has 2 aromatic heterocycles. The number of ether oxygens (including phenoxy) is 1. The Labute approximate surface area is 178 Å². The molecule has 1 saturated heterocycles. The molecule has 1 atom stereocenters. The molecule has 3 aromatic rings. The van der Waals surface area contributed by atoms with Gasteiger partial charge in [-0.3, -0.25) is 4.79 Å². The third-order valence-electron chi connectivity index (χ3n) is 4.96. The van der Waals surface area contributed by atoms with Crippen LogP contribution in [0.15, 0.2) is 36.0 Å². The van der Waals surface area contributed by atoms with E-state index in [4.69, 9.17) is 9.72 Å². The highest BCUT2D eigenvalue weighted by molar-refractivity contribution is 7.11. The van der Waals surface area contributed by atoms with Crippen LogP contribution in [0, 0.1) is 12.7 Å². The fourth-order valence-electron chi connectivity index (χ4n) is 3.35. The van der Waals surface area contributed by atoms with Gasteiger partial charge >= 0.3 is 0 Å². The SMILES string of the molecule is Cc1ncsc1C(=O)N1CCO[C@@H](c2nc(N(C)C)ncc2-c2ccc(F)cc2)C1. The molecule has 30 heavy (non-hydrogen) atoms. The molecule has 0 unspecified atom stereocenters. The van der Waals surface area contributed by atoms with E-state index in [0.717, 1.165) is 16.8 Å². The summed E-state index contributed by atoms with van der Waals surface area (Å²) in [4.78, 5) is 30.5. The molecule has 1 aromatic carbocycles. The first-order valence-electron chi connectivity index (χ1n) is 9.55. The van der Waals surface area contributed by atoms with Crippen molar-refractivity contribution in [2.24, 2.45) is 0 Å². The maximum atomic E-state index is 13.4. The van der Waals surface area contributed by atoms with E-state index < -0.39 is 6.10 Å². The fourth-order valence-corrected chi connectivity index (χ4v) is 4.12. The summed E-state index contributed by atoms with van der Waals surface area (Å²) >= 11 is 1.35. The van der Waals surface area contributed by atoms with Gasteiger partial charge in [0.1, 0.15) is 16.8 Å². The minimum Gasteiger partial charge on any atom is -0.368 e. The molecule has 1 aliphatic rings. The Kier molecular flexibility index (Phi) is 5.74. The minimum absolute atomic E-state index is 0.0477. The van der Waals surface area contributed by atoms with Crippen molar-refractivity contribution in [1.29, 1.82) is 0 Å². The number of hydrogen-bond donors (Lipinski definition) is 0.